The first-order valence-electron chi connectivity index (χ1n) is 5.02. The van der Waals surface area contributed by atoms with Crippen molar-refractivity contribution in [2.45, 2.75) is 6.04 Å². The first kappa shape index (κ1) is 13.3. The van der Waals surface area contributed by atoms with E-state index in [-0.39, 0.29) is 6.04 Å². The van der Waals surface area contributed by atoms with Crippen LogP contribution in [0.2, 0.25) is 5.02 Å². The molecule has 1 atom stereocenters. The van der Waals surface area contributed by atoms with E-state index in [1.54, 1.807) is 7.11 Å². The van der Waals surface area contributed by atoms with Crippen LogP contribution in [0.5, 0.6) is 5.75 Å². The summed E-state index contributed by atoms with van der Waals surface area (Å²) in [5.41, 5.74) is 3.83. The fourth-order valence-corrected chi connectivity index (χ4v) is 1.71. The van der Waals surface area contributed by atoms with E-state index in [2.05, 4.69) is 10.3 Å². The van der Waals surface area contributed by atoms with Gasteiger partial charge in [0.25, 0.3) is 0 Å². The number of hydrazine groups is 1. The smallest absolute Gasteiger partial charge is 0.137 e. The van der Waals surface area contributed by atoms with Gasteiger partial charge in [-0.05, 0) is 31.8 Å². The highest BCUT2D eigenvalue weighted by Crippen LogP contribution is 2.27. The minimum absolute atomic E-state index is 0.0566. The molecule has 0 heterocycles. The van der Waals surface area contributed by atoms with E-state index < -0.39 is 0 Å². The zero-order valence-electron chi connectivity index (χ0n) is 9.83. The Morgan fingerprint density at radius 2 is 2.19 bits per heavy atom. The second-order valence-electron chi connectivity index (χ2n) is 3.88. The maximum Gasteiger partial charge on any atom is 0.137 e. The van der Waals surface area contributed by atoms with Crippen molar-refractivity contribution < 1.29 is 4.74 Å². The van der Waals surface area contributed by atoms with E-state index in [1.807, 2.05) is 32.3 Å². The van der Waals surface area contributed by atoms with Crippen molar-refractivity contribution in [1.82, 2.24) is 10.3 Å². The van der Waals surface area contributed by atoms with Gasteiger partial charge in [-0.2, -0.15) is 0 Å². The Balaban J connectivity index is 2.92. The summed E-state index contributed by atoms with van der Waals surface area (Å²) in [6, 6.07) is 5.71. The third-order valence-corrected chi connectivity index (χ3v) is 2.64. The summed E-state index contributed by atoms with van der Waals surface area (Å²) in [5, 5.41) is 0.604. The molecule has 1 unspecified atom stereocenters. The highest BCUT2D eigenvalue weighted by atomic mass is 35.5. The minimum atomic E-state index is 0.0566. The van der Waals surface area contributed by atoms with Crippen LogP contribution < -0.4 is 16.0 Å². The third-order valence-electron chi connectivity index (χ3n) is 2.33. The molecule has 0 aliphatic heterocycles. The zero-order chi connectivity index (χ0) is 12.1. The molecule has 0 saturated carbocycles. The molecular weight excluding hydrogens is 226 g/mol. The lowest BCUT2D eigenvalue weighted by Gasteiger charge is -2.21. The van der Waals surface area contributed by atoms with Gasteiger partial charge < -0.3 is 9.64 Å². The number of nitrogens with two attached hydrogens (primary N) is 1. The van der Waals surface area contributed by atoms with Crippen LogP contribution in [0.25, 0.3) is 0 Å². The van der Waals surface area contributed by atoms with E-state index in [0.717, 1.165) is 12.1 Å². The van der Waals surface area contributed by atoms with E-state index >= 15 is 0 Å². The molecule has 4 nitrogen and oxygen atoms in total. The van der Waals surface area contributed by atoms with Gasteiger partial charge in [0, 0.05) is 6.54 Å². The van der Waals surface area contributed by atoms with Gasteiger partial charge in [-0.1, -0.05) is 17.7 Å². The van der Waals surface area contributed by atoms with Gasteiger partial charge in [-0.3, -0.25) is 11.3 Å². The molecule has 1 aromatic rings. The van der Waals surface area contributed by atoms with Crippen LogP contribution in [0.3, 0.4) is 0 Å². The average Bonchev–Trinajstić information content (AvgIpc) is 2.26. The lowest BCUT2D eigenvalue weighted by atomic mass is 10.1. The average molecular weight is 244 g/mol. The number of likely N-dealkylation sites (N-methyl/N-ethyl adjacent to an activating group) is 1. The Bertz CT molecular complexity index is 344. The largest absolute Gasteiger partial charge is 0.495 e. The molecule has 0 fully saturated rings. The fourth-order valence-electron chi connectivity index (χ4n) is 1.51. The van der Waals surface area contributed by atoms with Gasteiger partial charge in [0.2, 0.25) is 0 Å². The summed E-state index contributed by atoms with van der Waals surface area (Å²) in [6.45, 7) is 0.807. The standard InChI is InChI=1S/C11H18ClN3O/c1-15(2)7-10(14-13)8-4-5-9(12)11(6-8)16-3/h4-6,10,14H,7,13H2,1-3H3. The summed E-state index contributed by atoms with van der Waals surface area (Å²) in [7, 11) is 5.59. The summed E-state index contributed by atoms with van der Waals surface area (Å²) >= 11 is 5.96. The molecule has 0 aliphatic rings. The molecule has 16 heavy (non-hydrogen) atoms. The van der Waals surface area contributed by atoms with Crippen molar-refractivity contribution in [2.24, 2.45) is 5.84 Å². The van der Waals surface area contributed by atoms with Crippen LogP contribution >= 0.6 is 11.6 Å². The third kappa shape index (κ3) is 3.35. The van der Waals surface area contributed by atoms with Gasteiger partial charge in [-0.15, -0.1) is 0 Å². The Hall–Kier alpha value is -0.810. The Labute approximate surface area is 101 Å². The number of nitrogens with zero attached hydrogens (tertiary/aromatic N) is 1. The topological polar surface area (TPSA) is 50.5 Å². The van der Waals surface area contributed by atoms with Crippen molar-refractivity contribution in [1.29, 1.82) is 0 Å². The number of ether oxygens (including phenoxy) is 1. The second kappa shape index (κ2) is 6.06. The molecule has 0 aromatic heterocycles. The minimum Gasteiger partial charge on any atom is -0.495 e. The maximum absolute atomic E-state index is 5.96. The van der Waals surface area contributed by atoms with Crippen molar-refractivity contribution in [3.8, 4) is 5.75 Å². The van der Waals surface area contributed by atoms with Crippen LogP contribution in [-0.4, -0.2) is 32.6 Å². The van der Waals surface area contributed by atoms with Crippen molar-refractivity contribution in [3.63, 3.8) is 0 Å². The predicted molar refractivity (Wildman–Crippen MR) is 66.6 cm³/mol. The predicted octanol–water partition coefficient (Wildman–Crippen LogP) is 1.41. The first-order valence-corrected chi connectivity index (χ1v) is 5.40. The Kier molecular flexibility index (Phi) is 5.02. The number of benzene rings is 1. The summed E-state index contributed by atoms with van der Waals surface area (Å²) in [4.78, 5) is 2.06. The fraction of sp³-hybridized carbons (Fsp3) is 0.455. The Morgan fingerprint density at radius 1 is 1.50 bits per heavy atom. The molecule has 1 rings (SSSR count). The highest BCUT2D eigenvalue weighted by molar-refractivity contribution is 6.32. The number of hydrogen-bond donors (Lipinski definition) is 2. The van der Waals surface area contributed by atoms with Crippen LogP contribution in [0.4, 0.5) is 0 Å². The monoisotopic (exact) mass is 243 g/mol. The molecule has 0 radical (unpaired) electrons. The maximum atomic E-state index is 5.96. The van der Waals surface area contributed by atoms with Gasteiger partial charge in [0.1, 0.15) is 5.75 Å². The van der Waals surface area contributed by atoms with E-state index in [1.165, 1.54) is 0 Å². The van der Waals surface area contributed by atoms with E-state index in [0.29, 0.717) is 10.8 Å². The number of hydrogen-bond acceptors (Lipinski definition) is 4. The van der Waals surface area contributed by atoms with Crippen molar-refractivity contribution in [3.05, 3.63) is 28.8 Å². The van der Waals surface area contributed by atoms with E-state index in [4.69, 9.17) is 22.2 Å². The van der Waals surface area contributed by atoms with Gasteiger partial charge in [0.15, 0.2) is 0 Å². The number of methoxy groups -OCH3 is 1. The molecule has 0 saturated heterocycles. The highest BCUT2D eigenvalue weighted by Gasteiger charge is 2.12. The van der Waals surface area contributed by atoms with Crippen molar-refractivity contribution in [2.75, 3.05) is 27.7 Å². The summed E-state index contributed by atoms with van der Waals surface area (Å²) < 4.78 is 5.17. The van der Waals surface area contributed by atoms with Crippen LogP contribution in [-0.2, 0) is 0 Å². The quantitative estimate of drug-likeness (QED) is 0.607. The normalized spacial score (nSPS) is 12.9. The molecule has 1 aromatic carbocycles. The molecule has 0 amide bonds. The Morgan fingerprint density at radius 3 is 2.69 bits per heavy atom. The van der Waals surface area contributed by atoms with Gasteiger partial charge in [-0.25, -0.2) is 0 Å². The lowest BCUT2D eigenvalue weighted by Crippen LogP contribution is -2.35. The molecular formula is C11H18ClN3O. The summed E-state index contributed by atoms with van der Waals surface area (Å²) in [5.74, 6) is 6.20. The molecule has 0 bridgehead atoms. The number of halogens is 1. The molecule has 0 aliphatic carbocycles. The van der Waals surface area contributed by atoms with Crippen molar-refractivity contribution >= 4 is 11.6 Å². The molecule has 0 spiro atoms. The second-order valence-corrected chi connectivity index (χ2v) is 4.28. The number of nitrogens with one attached hydrogen (secondary N) is 1. The van der Waals surface area contributed by atoms with Gasteiger partial charge in [0.05, 0.1) is 18.2 Å². The lowest BCUT2D eigenvalue weighted by molar-refractivity contribution is 0.343. The van der Waals surface area contributed by atoms with Gasteiger partial charge >= 0.3 is 0 Å². The molecule has 90 valence electrons. The molecule has 5 heteroatoms. The zero-order valence-corrected chi connectivity index (χ0v) is 10.6. The summed E-state index contributed by atoms with van der Waals surface area (Å²) in [6.07, 6.45) is 0. The van der Waals surface area contributed by atoms with Crippen LogP contribution in [0.15, 0.2) is 18.2 Å². The molecule has 3 N–H and O–H groups in total. The first-order chi connectivity index (χ1) is 7.58. The number of rotatable bonds is 5. The van der Waals surface area contributed by atoms with E-state index in [9.17, 15) is 0 Å². The van der Waals surface area contributed by atoms with Crippen LogP contribution in [0.1, 0.15) is 11.6 Å². The SMILES string of the molecule is COc1cc(C(CN(C)C)NN)ccc1Cl. The van der Waals surface area contributed by atoms with Crippen LogP contribution in [0, 0.1) is 0 Å².